The zero-order valence-electron chi connectivity index (χ0n) is 11.9. The first kappa shape index (κ1) is 16.3. The molecule has 0 spiro atoms. The minimum absolute atomic E-state index is 0.602. The van der Waals surface area contributed by atoms with Gasteiger partial charge in [0.15, 0.2) is 8.68 Å². The third-order valence-electron chi connectivity index (χ3n) is 2.91. The fraction of sp³-hybridized carbons (Fsp3) is 0.357. The first-order valence-electron chi connectivity index (χ1n) is 6.46. The highest BCUT2D eigenvalue weighted by molar-refractivity contribution is 8.03. The molecular weight excluding hydrogens is 320 g/mol. The Labute approximate surface area is 137 Å². The first-order valence-corrected chi connectivity index (χ1v) is 9.49. The third kappa shape index (κ3) is 3.98. The van der Waals surface area contributed by atoms with E-state index < -0.39 is 5.54 Å². The quantitative estimate of drug-likeness (QED) is 0.782. The molecule has 21 heavy (non-hydrogen) atoms. The third-order valence-corrected chi connectivity index (χ3v) is 6.11. The van der Waals surface area contributed by atoms with Gasteiger partial charge in [-0.1, -0.05) is 72.1 Å². The molecule has 0 bridgehead atoms. The van der Waals surface area contributed by atoms with Gasteiger partial charge in [-0.3, -0.25) is 5.32 Å². The largest absolute Gasteiger partial charge is 0.295 e. The number of aromatic nitrogens is 2. The Bertz CT molecular complexity index is 608. The number of benzene rings is 1. The van der Waals surface area contributed by atoms with Crippen molar-refractivity contribution in [3.05, 3.63) is 35.9 Å². The average molecular weight is 337 g/mol. The van der Waals surface area contributed by atoms with E-state index in [-0.39, 0.29) is 0 Å². The van der Waals surface area contributed by atoms with Crippen molar-refractivity contribution in [1.29, 1.82) is 5.26 Å². The summed E-state index contributed by atoms with van der Waals surface area (Å²) < 4.78 is 1.84. The predicted octanol–water partition coefficient (Wildman–Crippen LogP) is 3.38. The number of hydrogen-bond donors (Lipinski definition) is 1. The molecule has 7 heteroatoms. The maximum atomic E-state index is 9.73. The zero-order valence-corrected chi connectivity index (χ0v) is 14.3. The molecule has 1 heterocycles. The van der Waals surface area contributed by atoms with E-state index in [2.05, 4.69) is 21.6 Å². The van der Waals surface area contributed by atoms with E-state index in [9.17, 15) is 5.26 Å². The number of nitriles is 1. The Morgan fingerprint density at radius 1 is 1.29 bits per heavy atom. The molecule has 0 aliphatic heterocycles. The highest BCUT2D eigenvalue weighted by atomic mass is 32.2. The van der Waals surface area contributed by atoms with Crippen LogP contribution in [0.4, 0.5) is 0 Å². The van der Waals surface area contributed by atoms with E-state index in [4.69, 9.17) is 0 Å². The normalized spacial score (nSPS) is 13.6. The predicted molar refractivity (Wildman–Crippen MR) is 89.8 cm³/mol. The molecule has 0 saturated heterocycles. The summed E-state index contributed by atoms with van der Waals surface area (Å²) in [5.41, 5.74) is 0.280. The molecule has 0 fully saturated rings. The van der Waals surface area contributed by atoms with Gasteiger partial charge < -0.3 is 0 Å². The number of thioether (sulfide) groups is 2. The highest BCUT2D eigenvalue weighted by Crippen LogP contribution is 2.32. The number of rotatable bonds is 7. The molecule has 0 aliphatic rings. The van der Waals surface area contributed by atoms with Gasteiger partial charge in [0.2, 0.25) is 0 Å². The van der Waals surface area contributed by atoms with Crippen LogP contribution in [0, 0.1) is 11.3 Å². The van der Waals surface area contributed by atoms with Gasteiger partial charge in [0.1, 0.15) is 5.54 Å². The van der Waals surface area contributed by atoms with Crippen molar-refractivity contribution < 1.29 is 0 Å². The van der Waals surface area contributed by atoms with Crippen LogP contribution >= 0.6 is 34.9 Å². The summed E-state index contributed by atoms with van der Waals surface area (Å²) in [6.07, 6.45) is 1.98. The van der Waals surface area contributed by atoms with Crippen LogP contribution in [0.3, 0.4) is 0 Å². The van der Waals surface area contributed by atoms with Crippen molar-refractivity contribution in [3.8, 4) is 6.07 Å². The van der Waals surface area contributed by atoms with Crippen molar-refractivity contribution in [3.63, 3.8) is 0 Å². The smallest absolute Gasteiger partial charge is 0.175 e. The van der Waals surface area contributed by atoms with Gasteiger partial charge in [0, 0.05) is 5.75 Å². The van der Waals surface area contributed by atoms with Crippen LogP contribution in [0.25, 0.3) is 0 Å². The van der Waals surface area contributed by atoms with E-state index in [0.29, 0.717) is 5.75 Å². The lowest BCUT2D eigenvalue weighted by molar-refractivity contribution is 0.490. The van der Waals surface area contributed by atoms with Crippen LogP contribution in [0.15, 0.2) is 39.0 Å². The minimum atomic E-state index is -0.703. The lowest BCUT2D eigenvalue weighted by Gasteiger charge is -2.27. The molecule has 110 valence electrons. The summed E-state index contributed by atoms with van der Waals surface area (Å²) in [6.45, 7) is 2.74. The van der Waals surface area contributed by atoms with Crippen LogP contribution in [0.2, 0.25) is 0 Å². The molecule has 0 saturated carbocycles. The molecule has 2 aromatic rings. The molecule has 1 unspecified atom stereocenters. The summed E-state index contributed by atoms with van der Waals surface area (Å²) in [4.78, 5) is 0. The maximum absolute atomic E-state index is 9.73. The Hall–Kier alpha value is -1.07. The lowest BCUT2D eigenvalue weighted by atomic mass is 9.93. The van der Waals surface area contributed by atoms with E-state index in [1.54, 1.807) is 34.9 Å². The molecule has 1 atom stereocenters. The van der Waals surface area contributed by atoms with E-state index >= 15 is 0 Å². The van der Waals surface area contributed by atoms with Crippen LogP contribution in [-0.4, -0.2) is 28.8 Å². The Morgan fingerprint density at radius 2 is 2.00 bits per heavy atom. The van der Waals surface area contributed by atoms with Crippen molar-refractivity contribution >= 4 is 34.9 Å². The number of hydrogen-bond acceptors (Lipinski definition) is 7. The summed E-state index contributed by atoms with van der Waals surface area (Å²) in [6, 6.07) is 12.3. The Balaban J connectivity index is 2.19. The molecule has 0 amide bonds. The maximum Gasteiger partial charge on any atom is 0.175 e. The highest BCUT2D eigenvalue weighted by Gasteiger charge is 2.31. The Morgan fingerprint density at radius 3 is 2.57 bits per heavy atom. The van der Waals surface area contributed by atoms with E-state index in [1.165, 1.54) is 0 Å². The van der Waals surface area contributed by atoms with Crippen LogP contribution in [0.5, 0.6) is 0 Å². The molecular formula is C14H16N4S3. The van der Waals surface area contributed by atoms with Crippen molar-refractivity contribution in [2.24, 2.45) is 0 Å². The first-order chi connectivity index (χ1) is 10.2. The van der Waals surface area contributed by atoms with Crippen LogP contribution in [0.1, 0.15) is 12.5 Å². The molecule has 4 nitrogen and oxygen atoms in total. The van der Waals surface area contributed by atoms with Crippen molar-refractivity contribution in [1.82, 2.24) is 15.5 Å². The fourth-order valence-electron chi connectivity index (χ4n) is 1.91. The van der Waals surface area contributed by atoms with E-state index in [0.717, 1.165) is 20.8 Å². The van der Waals surface area contributed by atoms with Crippen molar-refractivity contribution in [2.75, 3.05) is 18.6 Å². The zero-order chi connectivity index (χ0) is 15.1. The Kier molecular flexibility index (Phi) is 6.06. The standard InChI is InChI=1S/C14H16N4S3/c1-3-16-14(9-15,11-7-5-4-6-8-11)10-20-13-18-17-12(19-2)21-13/h4-8,16H,3,10H2,1-2H3. The van der Waals surface area contributed by atoms with Gasteiger partial charge in [-0.25, -0.2) is 0 Å². The van der Waals surface area contributed by atoms with Gasteiger partial charge in [-0.2, -0.15) is 5.26 Å². The fourth-order valence-corrected chi connectivity index (χ4v) is 4.49. The SMILES string of the molecule is CCNC(C#N)(CSc1nnc(SC)s1)c1ccccc1. The molecule has 0 radical (unpaired) electrons. The summed E-state index contributed by atoms with van der Waals surface area (Å²) in [5.74, 6) is 0.602. The number of nitrogens with zero attached hydrogens (tertiary/aromatic N) is 3. The number of nitrogens with one attached hydrogen (secondary N) is 1. The second-order valence-corrected chi connectivity index (χ2v) is 7.49. The molecule has 2 rings (SSSR count). The second kappa shape index (κ2) is 7.80. The van der Waals surface area contributed by atoms with E-state index in [1.807, 2.05) is 43.5 Å². The van der Waals surface area contributed by atoms with Crippen LogP contribution < -0.4 is 5.32 Å². The minimum Gasteiger partial charge on any atom is -0.295 e. The van der Waals surface area contributed by atoms with Gasteiger partial charge >= 0.3 is 0 Å². The summed E-state index contributed by atoms with van der Waals surface area (Å²) in [7, 11) is 0. The summed E-state index contributed by atoms with van der Waals surface area (Å²) in [5, 5.41) is 21.3. The van der Waals surface area contributed by atoms with Gasteiger partial charge in [-0.15, -0.1) is 10.2 Å². The van der Waals surface area contributed by atoms with Gasteiger partial charge in [-0.05, 0) is 18.4 Å². The molecule has 1 aromatic heterocycles. The van der Waals surface area contributed by atoms with Gasteiger partial charge in [0.25, 0.3) is 0 Å². The molecule has 1 N–H and O–H groups in total. The lowest BCUT2D eigenvalue weighted by Crippen LogP contribution is -2.43. The topological polar surface area (TPSA) is 61.6 Å². The molecule has 0 aliphatic carbocycles. The second-order valence-electron chi connectivity index (χ2n) is 4.24. The van der Waals surface area contributed by atoms with Gasteiger partial charge in [0.05, 0.1) is 6.07 Å². The summed E-state index contributed by atoms with van der Waals surface area (Å²) >= 11 is 4.72. The molecule has 1 aromatic carbocycles. The monoisotopic (exact) mass is 336 g/mol. The van der Waals surface area contributed by atoms with Crippen LogP contribution in [-0.2, 0) is 5.54 Å². The average Bonchev–Trinajstić information content (AvgIpc) is 3.00. The van der Waals surface area contributed by atoms with Crippen molar-refractivity contribution in [2.45, 2.75) is 21.1 Å².